The molecule has 0 aliphatic carbocycles. The number of methoxy groups -OCH3 is 1. The first-order chi connectivity index (χ1) is 16.9. The van der Waals surface area contributed by atoms with E-state index in [0.29, 0.717) is 31.8 Å². The maximum absolute atomic E-state index is 13.1. The van der Waals surface area contributed by atoms with Gasteiger partial charge in [0.1, 0.15) is 6.61 Å². The zero-order valence-electron chi connectivity index (χ0n) is 21.3. The number of carbonyl (C=O) groups excluding carboxylic acids is 2. The first-order valence-electron chi connectivity index (χ1n) is 12.1. The molecule has 0 spiro atoms. The molecule has 0 bridgehead atoms. The molecule has 1 fully saturated rings. The van der Waals surface area contributed by atoms with E-state index in [2.05, 4.69) is 17.0 Å². The van der Waals surface area contributed by atoms with E-state index in [0.717, 1.165) is 36.8 Å². The number of amides is 2. The van der Waals surface area contributed by atoms with Crippen LogP contribution < -0.4 is 4.90 Å². The molecule has 0 aromatic heterocycles. The average Bonchev–Trinajstić information content (AvgIpc) is 2.86. The highest BCUT2D eigenvalue weighted by Gasteiger charge is 2.23. The summed E-state index contributed by atoms with van der Waals surface area (Å²) in [5.74, 6) is -0.125. The second kappa shape index (κ2) is 15.2. The molecule has 2 aromatic carbocycles. The van der Waals surface area contributed by atoms with Crippen molar-refractivity contribution in [3.8, 4) is 0 Å². The number of piperazine rings is 1. The number of carbonyl (C=O) groups is 2. The van der Waals surface area contributed by atoms with Crippen LogP contribution in [0.5, 0.6) is 0 Å². The van der Waals surface area contributed by atoms with Gasteiger partial charge in [0.2, 0.25) is 0 Å². The third kappa shape index (κ3) is 9.05. The molecule has 36 heavy (non-hydrogen) atoms. The highest BCUT2D eigenvalue weighted by molar-refractivity contribution is 6.30. The number of anilines is 1. The van der Waals surface area contributed by atoms with Crippen LogP contribution in [0.1, 0.15) is 29.8 Å². The zero-order chi connectivity index (χ0) is 25.2. The number of hydrogen-bond donors (Lipinski definition) is 0. The fourth-order valence-electron chi connectivity index (χ4n) is 4.06. The van der Waals surface area contributed by atoms with Gasteiger partial charge in [-0.25, -0.2) is 0 Å². The Kier molecular flexibility index (Phi) is 12.7. The fraction of sp³-hybridized carbons (Fsp3) is 0.481. The summed E-state index contributed by atoms with van der Waals surface area (Å²) in [5, 5.41) is 0.753. The van der Waals surface area contributed by atoms with Gasteiger partial charge in [-0.1, -0.05) is 23.7 Å². The van der Waals surface area contributed by atoms with Crippen LogP contribution in [0.4, 0.5) is 5.69 Å². The molecule has 1 heterocycles. The number of hydrogen-bond acceptors (Lipinski definition) is 5. The molecular formula is C27H37Cl2N3O4. The van der Waals surface area contributed by atoms with Gasteiger partial charge < -0.3 is 19.3 Å². The van der Waals surface area contributed by atoms with Gasteiger partial charge in [-0.15, -0.1) is 12.4 Å². The maximum atomic E-state index is 13.1. The third-order valence-corrected chi connectivity index (χ3v) is 6.30. The normalized spacial score (nSPS) is 14.0. The standard InChI is InChI=1S/C27H36ClN3O4.ClH/c1-21(2)35-19-18-31(26(32)20-34-3)25-10-6-23(7-11-25)27(33)30-16-14-29(15-17-30)13-12-22-4-8-24(28)9-5-22;/h4-11,21H,12-20H2,1-3H3;1H. The highest BCUT2D eigenvalue weighted by Crippen LogP contribution is 2.18. The molecule has 0 atom stereocenters. The van der Waals surface area contributed by atoms with E-state index in [9.17, 15) is 9.59 Å². The first kappa shape index (κ1) is 30.1. The van der Waals surface area contributed by atoms with Crippen molar-refractivity contribution in [2.45, 2.75) is 26.4 Å². The summed E-state index contributed by atoms with van der Waals surface area (Å²) in [4.78, 5) is 31.5. The molecule has 198 valence electrons. The van der Waals surface area contributed by atoms with Crippen molar-refractivity contribution in [1.29, 1.82) is 0 Å². The Morgan fingerprint density at radius 3 is 2.22 bits per heavy atom. The fourth-order valence-corrected chi connectivity index (χ4v) is 4.18. The summed E-state index contributed by atoms with van der Waals surface area (Å²) in [6, 6.07) is 15.2. The number of ether oxygens (including phenoxy) is 2. The quantitative estimate of drug-likeness (QED) is 0.430. The Morgan fingerprint density at radius 2 is 1.64 bits per heavy atom. The lowest BCUT2D eigenvalue weighted by molar-refractivity contribution is -0.122. The molecule has 2 amide bonds. The van der Waals surface area contributed by atoms with Gasteiger partial charge in [-0.2, -0.15) is 0 Å². The van der Waals surface area contributed by atoms with E-state index in [1.807, 2.05) is 43.0 Å². The molecule has 0 saturated carbocycles. The van der Waals surface area contributed by atoms with Crippen molar-refractivity contribution < 1.29 is 19.1 Å². The second-order valence-corrected chi connectivity index (χ2v) is 9.39. The van der Waals surface area contributed by atoms with Crippen LogP contribution in [0.3, 0.4) is 0 Å². The van der Waals surface area contributed by atoms with E-state index in [1.165, 1.54) is 12.7 Å². The lowest BCUT2D eigenvalue weighted by Crippen LogP contribution is -2.49. The minimum absolute atomic E-state index is 0. The van der Waals surface area contributed by atoms with E-state index in [-0.39, 0.29) is 36.9 Å². The van der Waals surface area contributed by atoms with Crippen LogP contribution >= 0.6 is 24.0 Å². The SMILES string of the molecule is COCC(=O)N(CCOC(C)C)c1ccc(C(=O)N2CCN(CCc3ccc(Cl)cc3)CC2)cc1.Cl. The number of halogens is 2. The molecule has 2 aromatic rings. The molecule has 3 rings (SSSR count). The Morgan fingerprint density at radius 1 is 1.00 bits per heavy atom. The number of nitrogens with zero attached hydrogens (tertiary/aromatic N) is 3. The van der Waals surface area contributed by atoms with E-state index in [1.54, 1.807) is 17.0 Å². The van der Waals surface area contributed by atoms with Crippen LogP contribution in [0.25, 0.3) is 0 Å². The van der Waals surface area contributed by atoms with Gasteiger partial charge in [0.05, 0.1) is 12.7 Å². The predicted molar refractivity (Wildman–Crippen MR) is 147 cm³/mol. The molecule has 0 N–H and O–H groups in total. The summed E-state index contributed by atoms with van der Waals surface area (Å²) in [6.45, 7) is 8.83. The maximum Gasteiger partial charge on any atom is 0.253 e. The summed E-state index contributed by atoms with van der Waals surface area (Å²) in [7, 11) is 1.50. The van der Waals surface area contributed by atoms with Crippen molar-refractivity contribution in [2.24, 2.45) is 0 Å². The molecule has 0 unspecified atom stereocenters. The monoisotopic (exact) mass is 537 g/mol. The Labute approximate surface area is 225 Å². The Hall–Kier alpha value is -2.16. The van der Waals surface area contributed by atoms with Gasteiger partial charge in [0, 0.05) is 62.7 Å². The van der Waals surface area contributed by atoms with Crippen molar-refractivity contribution in [1.82, 2.24) is 9.80 Å². The van der Waals surface area contributed by atoms with Crippen LogP contribution in [-0.2, 0) is 20.7 Å². The third-order valence-electron chi connectivity index (χ3n) is 6.05. The van der Waals surface area contributed by atoms with Crippen molar-refractivity contribution in [3.63, 3.8) is 0 Å². The zero-order valence-corrected chi connectivity index (χ0v) is 22.9. The minimum Gasteiger partial charge on any atom is -0.377 e. The molecule has 0 radical (unpaired) electrons. The highest BCUT2D eigenvalue weighted by atomic mass is 35.5. The molecule has 7 nitrogen and oxygen atoms in total. The van der Waals surface area contributed by atoms with Gasteiger partial charge in [-0.3, -0.25) is 14.5 Å². The van der Waals surface area contributed by atoms with Crippen molar-refractivity contribution in [2.75, 3.05) is 64.5 Å². The van der Waals surface area contributed by atoms with E-state index in [4.69, 9.17) is 21.1 Å². The van der Waals surface area contributed by atoms with E-state index < -0.39 is 0 Å². The predicted octanol–water partition coefficient (Wildman–Crippen LogP) is 4.17. The summed E-state index contributed by atoms with van der Waals surface area (Å²) < 4.78 is 10.6. The lowest BCUT2D eigenvalue weighted by Gasteiger charge is -2.35. The second-order valence-electron chi connectivity index (χ2n) is 8.96. The number of rotatable bonds is 11. The smallest absolute Gasteiger partial charge is 0.253 e. The lowest BCUT2D eigenvalue weighted by atomic mass is 10.1. The van der Waals surface area contributed by atoms with Crippen LogP contribution in [0, 0.1) is 0 Å². The Bertz CT molecular complexity index is 946. The van der Waals surface area contributed by atoms with Crippen molar-refractivity contribution in [3.05, 3.63) is 64.7 Å². The topological polar surface area (TPSA) is 62.3 Å². The van der Waals surface area contributed by atoms with Crippen LogP contribution in [0.15, 0.2) is 48.5 Å². The van der Waals surface area contributed by atoms with Crippen LogP contribution in [-0.4, -0.2) is 87.3 Å². The number of benzene rings is 2. The van der Waals surface area contributed by atoms with Crippen LogP contribution in [0.2, 0.25) is 5.02 Å². The van der Waals surface area contributed by atoms with E-state index >= 15 is 0 Å². The first-order valence-corrected chi connectivity index (χ1v) is 12.5. The summed E-state index contributed by atoms with van der Waals surface area (Å²) in [5.41, 5.74) is 2.62. The van der Waals surface area contributed by atoms with Gasteiger partial charge in [0.25, 0.3) is 11.8 Å². The molecular weight excluding hydrogens is 501 g/mol. The molecule has 1 aliphatic heterocycles. The van der Waals surface area contributed by atoms with Crippen molar-refractivity contribution >= 4 is 41.5 Å². The van der Waals surface area contributed by atoms with Gasteiger partial charge in [-0.05, 0) is 62.2 Å². The average molecular weight is 539 g/mol. The molecule has 9 heteroatoms. The minimum atomic E-state index is -0.145. The van der Waals surface area contributed by atoms with Gasteiger partial charge in [0.15, 0.2) is 0 Å². The Balaban J connectivity index is 0.00000456. The summed E-state index contributed by atoms with van der Waals surface area (Å²) >= 11 is 5.96. The summed E-state index contributed by atoms with van der Waals surface area (Å²) in [6.07, 6.45) is 1.06. The molecule has 1 aliphatic rings. The molecule has 1 saturated heterocycles. The van der Waals surface area contributed by atoms with Gasteiger partial charge >= 0.3 is 0 Å². The largest absolute Gasteiger partial charge is 0.377 e.